The zero-order valence-electron chi connectivity index (χ0n) is 7.46. The van der Waals surface area contributed by atoms with Crippen molar-refractivity contribution in [2.24, 2.45) is 0 Å². The number of carbonyl (C=O) groups is 1. The lowest BCUT2D eigenvalue weighted by molar-refractivity contribution is -0.115. The number of ketones is 1. The van der Waals surface area contributed by atoms with E-state index in [2.05, 4.69) is 31.9 Å². The van der Waals surface area contributed by atoms with Crippen LogP contribution in [0.4, 0.5) is 0 Å². The summed E-state index contributed by atoms with van der Waals surface area (Å²) >= 11 is 6.45. The van der Waals surface area contributed by atoms with Crippen LogP contribution >= 0.6 is 31.9 Å². The monoisotopic (exact) mass is 320 g/mol. The quantitative estimate of drug-likeness (QED) is 0.865. The van der Waals surface area contributed by atoms with E-state index in [-0.39, 0.29) is 12.4 Å². The van der Waals surface area contributed by atoms with E-state index in [0.717, 1.165) is 15.6 Å². The SMILES string of the molecule is O=C(CBr)Cc1cc(Br)ccc1CO. The largest absolute Gasteiger partial charge is 0.392 e. The summed E-state index contributed by atoms with van der Waals surface area (Å²) in [5, 5.41) is 9.41. The number of hydrogen-bond donors (Lipinski definition) is 1. The molecule has 0 aliphatic heterocycles. The maximum Gasteiger partial charge on any atom is 0.147 e. The smallest absolute Gasteiger partial charge is 0.147 e. The summed E-state index contributed by atoms with van der Waals surface area (Å²) in [4.78, 5) is 11.2. The Bertz CT molecular complexity index is 337. The highest BCUT2D eigenvalue weighted by atomic mass is 79.9. The van der Waals surface area contributed by atoms with Gasteiger partial charge < -0.3 is 5.11 Å². The average molecular weight is 322 g/mol. The third-order valence-electron chi connectivity index (χ3n) is 1.88. The van der Waals surface area contributed by atoms with Gasteiger partial charge in [0.2, 0.25) is 0 Å². The van der Waals surface area contributed by atoms with Crippen LogP contribution in [0.2, 0.25) is 0 Å². The summed E-state index contributed by atoms with van der Waals surface area (Å²) < 4.78 is 0.923. The Morgan fingerprint density at radius 1 is 1.36 bits per heavy atom. The fourth-order valence-corrected chi connectivity index (χ4v) is 1.78. The molecular formula is C10H10Br2O2. The van der Waals surface area contributed by atoms with Crippen molar-refractivity contribution in [1.82, 2.24) is 0 Å². The van der Waals surface area contributed by atoms with Gasteiger partial charge in [0.05, 0.1) is 11.9 Å². The van der Waals surface area contributed by atoms with E-state index in [1.807, 2.05) is 18.2 Å². The number of alkyl halides is 1. The Kier molecular flexibility index (Phi) is 4.78. The van der Waals surface area contributed by atoms with Crippen molar-refractivity contribution in [2.75, 3.05) is 5.33 Å². The molecule has 1 rings (SSSR count). The highest BCUT2D eigenvalue weighted by Crippen LogP contribution is 2.17. The molecule has 0 aliphatic carbocycles. The molecule has 0 fully saturated rings. The number of aliphatic hydroxyl groups excluding tert-OH is 1. The topological polar surface area (TPSA) is 37.3 Å². The van der Waals surface area contributed by atoms with Crippen molar-refractivity contribution in [3.63, 3.8) is 0 Å². The second-order valence-electron chi connectivity index (χ2n) is 2.92. The van der Waals surface area contributed by atoms with Gasteiger partial charge in [-0.3, -0.25) is 4.79 Å². The molecule has 0 bridgehead atoms. The second kappa shape index (κ2) is 5.63. The Morgan fingerprint density at radius 2 is 2.07 bits per heavy atom. The summed E-state index contributed by atoms with van der Waals surface area (Å²) in [6.07, 6.45) is 0.362. The lowest BCUT2D eigenvalue weighted by Crippen LogP contribution is -2.06. The molecule has 2 nitrogen and oxygen atoms in total. The molecule has 0 atom stereocenters. The number of rotatable bonds is 4. The number of carbonyl (C=O) groups excluding carboxylic acids is 1. The molecule has 1 aromatic carbocycles. The van der Waals surface area contributed by atoms with Gasteiger partial charge in [-0.2, -0.15) is 0 Å². The third kappa shape index (κ3) is 3.19. The van der Waals surface area contributed by atoms with Crippen LogP contribution < -0.4 is 0 Å². The van der Waals surface area contributed by atoms with E-state index in [0.29, 0.717) is 11.8 Å². The molecule has 0 saturated heterocycles. The Morgan fingerprint density at radius 3 is 2.64 bits per heavy atom. The predicted octanol–water partition coefficient (Wildman–Crippen LogP) is 2.45. The highest BCUT2D eigenvalue weighted by molar-refractivity contribution is 9.10. The summed E-state index contributed by atoms with van der Waals surface area (Å²) in [7, 11) is 0. The molecule has 1 N–H and O–H groups in total. The number of aliphatic hydroxyl groups is 1. The maximum absolute atomic E-state index is 11.2. The normalized spacial score (nSPS) is 10.2. The zero-order chi connectivity index (χ0) is 10.6. The van der Waals surface area contributed by atoms with Crippen LogP contribution in [-0.2, 0) is 17.8 Å². The fourth-order valence-electron chi connectivity index (χ4n) is 1.17. The lowest BCUT2D eigenvalue weighted by Gasteiger charge is -2.06. The predicted molar refractivity (Wildman–Crippen MR) is 62.6 cm³/mol. The first-order valence-electron chi connectivity index (χ1n) is 4.13. The Balaban J connectivity index is 2.93. The number of halogens is 2. The average Bonchev–Trinajstić information content (AvgIpc) is 2.18. The van der Waals surface area contributed by atoms with Gasteiger partial charge in [0, 0.05) is 10.9 Å². The van der Waals surface area contributed by atoms with Gasteiger partial charge in [-0.15, -0.1) is 0 Å². The molecule has 0 spiro atoms. The molecule has 76 valence electrons. The standard InChI is InChI=1S/C10H10Br2O2/c11-5-10(14)4-8-3-9(12)2-1-7(8)6-13/h1-3,13H,4-6H2. The van der Waals surface area contributed by atoms with Gasteiger partial charge in [0.15, 0.2) is 0 Å². The van der Waals surface area contributed by atoms with E-state index in [1.165, 1.54) is 0 Å². The van der Waals surface area contributed by atoms with Crippen molar-refractivity contribution >= 4 is 37.6 Å². The third-order valence-corrected chi connectivity index (χ3v) is 2.99. The van der Waals surface area contributed by atoms with Crippen LogP contribution in [0.1, 0.15) is 11.1 Å². The van der Waals surface area contributed by atoms with Gasteiger partial charge >= 0.3 is 0 Å². The Labute approximate surface area is 99.6 Å². The van der Waals surface area contributed by atoms with Gasteiger partial charge in [-0.25, -0.2) is 0 Å². The van der Waals surface area contributed by atoms with Crippen LogP contribution in [0.5, 0.6) is 0 Å². The number of hydrogen-bond acceptors (Lipinski definition) is 2. The molecule has 0 radical (unpaired) electrons. The van der Waals surface area contributed by atoms with Crippen molar-refractivity contribution < 1.29 is 9.90 Å². The van der Waals surface area contributed by atoms with E-state index in [4.69, 9.17) is 5.11 Å². The maximum atomic E-state index is 11.2. The van der Waals surface area contributed by atoms with E-state index < -0.39 is 0 Å². The molecular weight excluding hydrogens is 312 g/mol. The summed E-state index contributed by atoms with van der Waals surface area (Å²) in [5.41, 5.74) is 1.69. The molecule has 4 heteroatoms. The first-order chi connectivity index (χ1) is 6.67. The summed E-state index contributed by atoms with van der Waals surface area (Å²) in [6, 6.07) is 5.54. The zero-order valence-corrected chi connectivity index (χ0v) is 10.6. The second-order valence-corrected chi connectivity index (χ2v) is 4.40. The highest BCUT2D eigenvalue weighted by Gasteiger charge is 2.07. The van der Waals surface area contributed by atoms with Crippen molar-refractivity contribution in [2.45, 2.75) is 13.0 Å². The molecule has 0 saturated carbocycles. The van der Waals surface area contributed by atoms with E-state index in [9.17, 15) is 4.79 Å². The van der Waals surface area contributed by atoms with Crippen LogP contribution in [0.3, 0.4) is 0 Å². The van der Waals surface area contributed by atoms with E-state index >= 15 is 0 Å². The van der Waals surface area contributed by atoms with Crippen LogP contribution in [-0.4, -0.2) is 16.2 Å². The minimum Gasteiger partial charge on any atom is -0.392 e. The molecule has 0 amide bonds. The molecule has 0 unspecified atom stereocenters. The Hall–Kier alpha value is -0.190. The lowest BCUT2D eigenvalue weighted by atomic mass is 10.0. The molecule has 14 heavy (non-hydrogen) atoms. The van der Waals surface area contributed by atoms with Crippen molar-refractivity contribution in [1.29, 1.82) is 0 Å². The number of benzene rings is 1. The molecule has 0 aliphatic rings. The van der Waals surface area contributed by atoms with Crippen molar-refractivity contribution in [3.05, 3.63) is 33.8 Å². The van der Waals surface area contributed by atoms with E-state index in [1.54, 1.807) is 0 Å². The van der Waals surface area contributed by atoms with Crippen LogP contribution in [0, 0.1) is 0 Å². The minimum atomic E-state index is -0.0296. The van der Waals surface area contributed by atoms with Gasteiger partial charge in [-0.05, 0) is 23.3 Å². The number of Topliss-reactive ketones (excluding diaryl/α,β-unsaturated/α-hetero) is 1. The first-order valence-corrected chi connectivity index (χ1v) is 6.04. The molecule has 1 aromatic rings. The van der Waals surface area contributed by atoms with Gasteiger partial charge in [-0.1, -0.05) is 37.9 Å². The van der Waals surface area contributed by atoms with Crippen LogP contribution in [0.25, 0.3) is 0 Å². The molecule has 0 aromatic heterocycles. The first kappa shape index (κ1) is 11.9. The van der Waals surface area contributed by atoms with Crippen molar-refractivity contribution in [3.8, 4) is 0 Å². The molecule has 0 heterocycles. The summed E-state index contributed by atoms with van der Waals surface area (Å²) in [5.74, 6) is 0.109. The minimum absolute atomic E-state index is 0.0296. The summed E-state index contributed by atoms with van der Waals surface area (Å²) in [6.45, 7) is -0.0296. The van der Waals surface area contributed by atoms with Gasteiger partial charge in [0.1, 0.15) is 5.78 Å². The fraction of sp³-hybridized carbons (Fsp3) is 0.300. The van der Waals surface area contributed by atoms with Crippen LogP contribution in [0.15, 0.2) is 22.7 Å². The van der Waals surface area contributed by atoms with Gasteiger partial charge in [0.25, 0.3) is 0 Å².